The van der Waals surface area contributed by atoms with Gasteiger partial charge in [-0.3, -0.25) is 9.59 Å². The van der Waals surface area contributed by atoms with Crippen molar-refractivity contribution in [2.45, 2.75) is 19.4 Å². The number of carbonyl (C=O) groups is 2. The zero-order valence-electron chi connectivity index (χ0n) is 13.7. The summed E-state index contributed by atoms with van der Waals surface area (Å²) in [6.07, 6.45) is 1.02. The molecule has 2 aromatic rings. The molecule has 4 nitrogen and oxygen atoms in total. The van der Waals surface area contributed by atoms with E-state index >= 15 is 0 Å². The van der Waals surface area contributed by atoms with Gasteiger partial charge < -0.3 is 10.2 Å². The fourth-order valence-corrected chi connectivity index (χ4v) is 2.41. The highest BCUT2D eigenvalue weighted by Gasteiger charge is 2.10. The van der Waals surface area contributed by atoms with Crippen molar-refractivity contribution in [1.29, 1.82) is 0 Å². The first kappa shape index (κ1) is 18.0. The first-order chi connectivity index (χ1) is 11.6. The van der Waals surface area contributed by atoms with Crippen molar-refractivity contribution < 1.29 is 9.59 Å². The molecular formula is C19H21ClN2O2. The second kappa shape index (κ2) is 9.08. The molecule has 0 spiro atoms. The van der Waals surface area contributed by atoms with Crippen LogP contribution in [0.4, 0.5) is 0 Å². The number of carbonyl (C=O) groups excluding carboxylic acids is 2. The van der Waals surface area contributed by atoms with Crippen molar-refractivity contribution in [2.75, 3.05) is 13.6 Å². The summed E-state index contributed by atoms with van der Waals surface area (Å²) in [6, 6.07) is 16.6. The van der Waals surface area contributed by atoms with E-state index in [-0.39, 0.29) is 11.8 Å². The van der Waals surface area contributed by atoms with Crippen LogP contribution >= 0.6 is 11.6 Å². The summed E-state index contributed by atoms with van der Waals surface area (Å²) in [6.45, 7) is 1.06. The molecule has 0 radical (unpaired) electrons. The molecule has 1 N–H and O–H groups in total. The predicted molar refractivity (Wildman–Crippen MR) is 95.9 cm³/mol. The molecule has 0 bridgehead atoms. The lowest BCUT2D eigenvalue weighted by atomic mass is 10.2. The zero-order chi connectivity index (χ0) is 17.4. The van der Waals surface area contributed by atoms with Crippen molar-refractivity contribution in [1.82, 2.24) is 10.2 Å². The highest BCUT2D eigenvalue weighted by Crippen LogP contribution is 2.09. The Balaban J connectivity index is 1.68. The van der Waals surface area contributed by atoms with E-state index in [1.807, 2.05) is 30.3 Å². The van der Waals surface area contributed by atoms with Gasteiger partial charge in [0.05, 0.1) is 0 Å². The number of benzene rings is 2. The summed E-state index contributed by atoms with van der Waals surface area (Å²) in [5.74, 6) is -0.0867. The largest absolute Gasteiger partial charge is 0.352 e. The lowest BCUT2D eigenvalue weighted by molar-refractivity contribution is -0.130. The van der Waals surface area contributed by atoms with Crippen LogP contribution in [0.5, 0.6) is 0 Å². The van der Waals surface area contributed by atoms with Crippen LogP contribution in [0.15, 0.2) is 54.6 Å². The zero-order valence-corrected chi connectivity index (χ0v) is 14.4. The summed E-state index contributed by atoms with van der Waals surface area (Å²) < 4.78 is 0. The van der Waals surface area contributed by atoms with Gasteiger partial charge in [-0.05, 0) is 36.2 Å². The second-order valence-corrected chi connectivity index (χ2v) is 6.04. The van der Waals surface area contributed by atoms with E-state index in [9.17, 15) is 9.59 Å². The number of amides is 2. The van der Waals surface area contributed by atoms with Crippen LogP contribution in [-0.2, 0) is 11.3 Å². The van der Waals surface area contributed by atoms with Gasteiger partial charge in [0.1, 0.15) is 0 Å². The van der Waals surface area contributed by atoms with Crippen molar-refractivity contribution >= 4 is 23.4 Å². The number of nitrogens with one attached hydrogen (secondary N) is 1. The van der Waals surface area contributed by atoms with E-state index in [4.69, 9.17) is 11.6 Å². The van der Waals surface area contributed by atoms with Crippen LogP contribution in [0.1, 0.15) is 28.8 Å². The molecule has 0 aliphatic carbocycles. The summed E-state index contributed by atoms with van der Waals surface area (Å²) in [5, 5.41) is 3.41. The molecule has 0 aromatic heterocycles. The van der Waals surface area contributed by atoms with Gasteiger partial charge in [0.2, 0.25) is 5.91 Å². The van der Waals surface area contributed by atoms with Gasteiger partial charge in [-0.25, -0.2) is 0 Å². The Morgan fingerprint density at radius 1 is 1.04 bits per heavy atom. The Morgan fingerprint density at radius 3 is 2.38 bits per heavy atom. The maximum Gasteiger partial charge on any atom is 0.251 e. The first-order valence-electron chi connectivity index (χ1n) is 7.88. The normalized spacial score (nSPS) is 10.2. The highest BCUT2D eigenvalue weighted by molar-refractivity contribution is 6.30. The first-order valence-corrected chi connectivity index (χ1v) is 8.25. The molecule has 0 fully saturated rings. The number of nitrogens with zero attached hydrogens (tertiary/aromatic N) is 1. The standard InChI is InChI=1S/C19H21ClN2O2/c1-22(14-15-6-3-2-4-7-15)18(23)8-5-13-21-19(24)16-9-11-17(20)12-10-16/h2-4,6-7,9-12H,5,8,13-14H2,1H3,(H,21,24). The summed E-state index contributed by atoms with van der Waals surface area (Å²) >= 11 is 5.79. The third kappa shape index (κ3) is 5.70. The van der Waals surface area contributed by atoms with Crippen LogP contribution in [0.25, 0.3) is 0 Å². The van der Waals surface area contributed by atoms with Crippen molar-refractivity contribution in [2.24, 2.45) is 0 Å². The lowest BCUT2D eigenvalue weighted by Gasteiger charge is -2.17. The van der Waals surface area contributed by atoms with Gasteiger partial charge in [-0.2, -0.15) is 0 Å². The molecule has 5 heteroatoms. The number of rotatable bonds is 7. The highest BCUT2D eigenvalue weighted by atomic mass is 35.5. The van der Waals surface area contributed by atoms with E-state index < -0.39 is 0 Å². The quantitative estimate of drug-likeness (QED) is 0.781. The van der Waals surface area contributed by atoms with Gasteiger partial charge in [0, 0.05) is 37.1 Å². The Labute approximate surface area is 147 Å². The fourth-order valence-electron chi connectivity index (χ4n) is 2.28. The molecule has 2 rings (SSSR count). The van der Waals surface area contributed by atoms with Crippen molar-refractivity contribution in [3.63, 3.8) is 0 Å². The minimum Gasteiger partial charge on any atom is -0.352 e. The maximum absolute atomic E-state index is 12.1. The van der Waals surface area contributed by atoms with Crippen LogP contribution < -0.4 is 5.32 Å². The Bertz CT molecular complexity index is 672. The van der Waals surface area contributed by atoms with Crippen molar-refractivity contribution in [3.05, 3.63) is 70.7 Å². The molecule has 126 valence electrons. The van der Waals surface area contributed by atoms with E-state index in [1.54, 1.807) is 36.2 Å². The minimum absolute atomic E-state index is 0.0691. The fraction of sp³-hybridized carbons (Fsp3) is 0.263. The number of hydrogen-bond acceptors (Lipinski definition) is 2. The summed E-state index contributed by atoms with van der Waals surface area (Å²) in [5.41, 5.74) is 1.66. The molecule has 2 amide bonds. The van der Waals surface area contributed by atoms with Gasteiger partial charge in [0.25, 0.3) is 5.91 Å². The van der Waals surface area contributed by atoms with Gasteiger partial charge in [-0.1, -0.05) is 41.9 Å². The van der Waals surface area contributed by atoms with Crippen LogP contribution in [-0.4, -0.2) is 30.3 Å². The van der Waals surface area contributed by atoms with Gasteiger partial charge >= 0.3 is 0 Å². The second-order valence-electron chi connectivity index (χ2n) is 5.60. The van der Waals surface area contributed by atoms with E-state index in [1.165, 1.54) is 0 Å². The molecule has 0 heterocycles. The Morgan fingerprint density at radius 2 is 1.71 bits per heavy atom. The lowest BCUT2D eigenvalue weighted by Crippen LogP contribution is -2.28. The van der Waals surface area contributed by atoms with E-state index in [0.717, 1.165) is 5.56 Å². The average molecular weight is 345 g/mol. The minimum atomic E-state index is -0.156. The van der Waals surface area contributed by atoms with Crippen LogP contribution in [0.2, 0.25) is 5.02 Å². The molecule has 0 aliphatic rings. The predicted octanol–water partition coefficient (Wildman–Crippen LogP) is 3.51. The van der Waals surface area contributed by atoms with Crippen LogP contribution in [0.3, 0.4) is 0 Å². The monoisotopic (exact) mass is 344 g/mol. The molecule has 24 heavy (non-hydrogen) atoms. The van der Waals surface area contributed by atoms with Gasteiger partial charge in [0.15, 0.2) is 0 Å². The third-order valence-corrected chi connectivity index (χ3v) is 3.90. The van der Waals surface area contributed by atoms with E-state index in [0.29, 0.717) is 36.5 Å². The number of halogens is 1. The van der Waals surface area contributed by atoms with Gasteiger partial charge in [-0.15, -0.1) is 0 Å². The SMILES string of the molecule is CN(Cc1ccccc1)C(=O)CCCNC(=O)c1ccc(Cl)cc1. The summed E-state index contributed by atoms with van der Waals surface area (Å²) in [4.78, 5) is 25.7. The molecule has 0 aliphatic heterocycles. The average Bonchev–Trinajstić information content (AvgIpc) is 2.59. The Hall–Kier alpha value is -2.33. The molecule has 0 unspecified atom stereocenters. The molecular weight excluding hydrogens is 324 g/mol. The molecule has 2 aromatic carbocycles. The molecule has 0 atom stereocenters. The van der Waals surface area contributed by atoms with E-state index in [2.05, 4.69) is 5.32 Å². The topological polar surface area (TPSA) is 49.4 Å². The third-order valence-electron chi connectivity index (χ3n) is 3.65. The molecule has 0 saturated heterocycles. The Kier molecular flexibility index (Phi) is 6.82. The smallest absolute Gasteiger partial charge is 0.251 e. The maximum atomic E-state index is 12.1. The summed E-state index contributed by atoms with van der Waals surface area (Å²) in [7, 11) is 1.79. The van der Waals surface area contributed by atoms with Crippen molar-refractivity contribution in [3.8, 4) is 0 Å². The molecule has 0 saturated carbocycles. The number of hydrogen-bond donors (Lipinski definition) is 1. The van der Waals surface area contributed by atoms with Crippen LogP contribution in [0, 0.1) is 0 Å².